The van der Waals surface area contributed by atoms with E-state index in [0.717, 1.165) is 0 Å². The molecule has 1 amide bonds. The second kappa shape index (κ2) is 6.37. The Morgan fingerprint density at radius 2 is 2.29 bits per heavy atom. The summed E-state index contributed by atoms with van der Waals surface area (Å²) in [4.78, 5) is 11.6. The van der Waals surface area contributed by atoms with Crippen molar-refractivity contribution in [2.75, 3.05) is 0 Å². The lowest BCUT2D eigenvalue weighted by Gasteiger charge is -2.02. The molecule has 0 radical (unpaired) electrons. The van der Waals surface area contributed by atoms with Crippen LogP contribution in [0.15, 0.2) is 58.5 Å². The van der Waals surface area contributed by atoms with Crippen LogP contribution in [0.5, 0.6) is 0 Å². The van der Waals surface area contributed by atoms with Gasteiger partial charge in [0.05, 0.1) is 6.26 Å². The third-order valence-corrected chi connectivity index (χ3v) is 1.92. The molecule has 0 bridgehead atoms. The number of hydrogen-bond acceptors (Lipinski definition) is 3. The molecule has 1 rings (SSSR count). The lowest BCUT2D eigenvalue weighted by molar-refractivity contribution is 0.0938. The number of rotatable bonds is 4. The van der Waals surface area contributed by atoms with E-state index in [4.69, 9.17) is 10.2 Å². The van der Waals surface area contributed by atoms with Gasteiger partial charge >= 0.3 is 0 Å². The highest BCUT2D eigenvalue weighted by Gasteiger charge is 2.07. The number of nitrogens with two attached hydrogens (primary N) is 1. The molecule has 0 saturated heterocycles. The number of hydrogen-bond donors (Lipinski definition) is 2. The number of amides is 1. The molecule has 1 aromatic rings. The van der Waals surface area contributed by atoms with E-state index >= 15 is 0 Å². The van der Waals surface area contributed by atoms with Crippen molar-refractivity contribution >= 4 is 5.91 Å². The third kappa shape index (κ3) is 4.42. The molecular formula is C13H16N2O2. The monoisotopic (exact) mass is 232 g/mol. The van der Waals surface area contributed by atoms with Gasteiger partial charge in [0.1, 0.15) is 0 Å². The van der Waals surface area contributed by atoms with E-state index in [9.17, 15) is 4.79 Å². The lowest BCUT2D eigenvalue weighted by atomic mass is 10.3. The summed E-state index contributed by atoms with van der Waals surface area (Å²) in [5.74, 6) is -0.0173. The Bertz CT molecular complexity index is 454. The van der Waals surface area contributed by atoms with Crippen LogP contribution in [0.1, 0.15) is 24.4 Å². The summed E-state index contributed by atoms with van der Waals surface area (Å²) in [6.45, 7) is 3.66. The highest BCUT2D eigenvalue weighted by Crippen LogP contribution is 2.01. The van der Waals surface area contributed by atoms with Crippen LogP contribution in [0.2, 0.25) is 0 Å². The Balaban J connectivity index is 2.63. The average Bonchev–Trinajstić information content (AvgIpc) is 2.79. The van der Waals surface area contributed by atoms with Crippen molar-refractivity contribution in [3.8, 4) is 0 Å². The van der Waals surface area contributed by atoms with Crippen molar-refractivity contribution in [3.05, 3.63) is 59.9 Å². The Morgan fingerprint density at radius 1 is 1.53 bits per heavy atom. The molecule has 3 N–H and O–H groups in total. The molecule has 0 aliphatic rings. The molecule has 0 fully saturated rings. The van der Waals surface area contributed by atoms with Gasteiger partial charge in [-0.3, -0.25) is 4.79 Å². The van der Waals surface area contributed by atoms with Gasteiger partial charge in [0.2, 0.25) is 0 Å². The van der Waals surface area contributed by atoms with Crippen molar-refractivity contribution in [2.45, 2.75) is 13.8 Å². The largest absolute Gasteiger partial charge is 0.459 e. The summed E-state index contributed by atoms with van der Waals surface area (Å²) < 4.78 is 4.97. The van der Waals surface area contributed by atoms with Gasteiger partial charge in [-0.25, -0.2) is 0 Å². The summed E-state index contributed by atoms with van der Waals surface area (Å²) in [5, 5.41) is 2.67. The molecule has 0 aliphatic carbocycles. The maximum atomic E-state index is 11.6. The van der Waals surface area contributed by atoms with E-state index in [1.807, 2.05) is 19.1 Å². The predicted octanol–water partition coefficient (Wildman–Crippen LogP) is 2.33. The van der Waals surface area contributed by atoms with Gasteiger partial charge in [-0.1, -0.05) is 12.2 Å². The molecule has 4 nitrogen and oxygen atoms in total. The first kappa shape index (κ1) is 12.8. The number of carbonyl (C=O) groups excluding carboxylic acids is 1. The maximum absolute atomic E-state index is 11.6. The quantitative estimate of drug-likeness (QED) is 0.783. The van der Waals surface area contributed by atoms with Crippen LogP contribution < -0.4 is 11.1 Å². The van der Waals surface area contributed by atoms with E-state index in [2.05, 4.69) is 5.32 Å². The van der Waals surface area contributed by atoms with Crippen LogP contribution in [-0.2, 0) is 0 Å². The molecule has 0 aromatic carbocycles. The minimum Gasteiger partial charge on any atom is -0.459 e. The smallest absolute Gasteiger partial charge is 0.291 e. The Morgan fingerprint density at radius 3 is 2.88 bits per heavy atom. The second-order valence-electron chi connectivity index (χ2n) is 3.45. The van der Waals surface area contributed by atoms with Gasteiger partial charge in [0.15, 0.2) is 5.76 Å². The summed E-state index contributed by atoms with van der Waals surface area (Å²) >= 11 is 0. The first-order valence-corrected chi connectivity index (χ1v) is 5.25. The molecule has 0 spiro atoms. The van der Waals surface area contributed by atoms with Gasteiger partial charge in [0, 0.05) is 11.4 Å². The Hall–Kier alpha value is -2.23. The van der Waals surface area contributed by atoms with E-state index in [1.54, 1.807) is 31.2 Å². The van der Waals surface area contributed by atoms with Crippen LogP contribution in [0, 0.1) is 0 Å². The number of nitrogens with one attached hydrogen (secondary N) is 1. The molecule has 0 unspecified atom stereocenters. The molecule has 4 heteroatoms. The summed E-state index contributed by atoms with van der Waals surface area (Å²) in [7, 11) is 0. The van der Waals surface area contributed by atoms with Gasteiger partial charge < -0.3 is 15.5 Å². The van der Waals surface area contributed by atoms with Crippen molar-refractivity contribution in [3.63, 3.8) is 0 Å². The normalized spacial score (nSPS) is 13.1. The van der Waals surface area contributed by atoms with Crippen LogP contribution in [-0.4, -0.2) is 5.91 Å². The molecule has 0 saturated carbocycles. The minimum atomic E-state index is -0.289. The lowest BCUT2D eigenvalue weighted by Crippen LogP contribution is -2.21. The summed E-state index contributed by atoms with van der Waals surface area (Å²) in [5.41, 5.74) is 6.94. The van der Waals surface area contributed by atoms with Crippen LogP contribution in [0.3, 0.4) is 0 Å². The second-order valence-corrected chi connectivity index (χ2v) is 3.45. The minimum absolute atomic E-state index is 0.272. The van der Waals surface area contributed by atoms with E-state index in [1.165, 1.54) is 6.26 Å². The summed E-state index contributed by atoms with van der Waals surface area (Å²) in [6, 6.07) is 3.26. The standard InChI is InChI=1S/C13H16N2O2/c1-3-4-6-11(14)9-10(2)15-13(16)12-7-5-8-17-12/h3-9H,14H2,1-2H3,(H,15,16)/b4-3-,10-9+,11-6+. The molecule has 17 heavy (non-hydrogen) atoms. The van der Waals surface area contributed by atoms with Crippen LogP contribution in [0.4, 0.5) is 0 Å². The van der Waals surface area contributed by atoms with Crippen molar-refractivity contribution in [1.29, 1.82) is 0 Å². The highest BCUT2D eigenvalue weighted by atomic mass is 16.3. The maximum Gasteiger partial charge on any atom is 0.291 e. The van der Waals surface area contributed by atoms with Crippen molar-refractivity contribution < 1.29 is 9.21 Å². The van der Waals surface area contributed by atoms with Gasteiger partial charge in [-0.15, -0.1) is 0 Å². The zero-order chi connectivity index (χ0) is 12.7. The molecule has 1 aromatic heterocycles. The van der Waals surface area contributed by atoms with E-state index in [-0.39, 0.29) is 11.7 Å². The molecule has 0 aliphatic heterocycles. The Labute approximate surface area is 100 Å². The van der Waals surface area contributed by atoms with Gasteiger partial charge in [0.25, 0.3) is 5.91 Å². The topological polar surface area (TPSA) is 68.3 Å². The first-order chi connectivity index (χ1) is 8.13. The molecule has 90 valence electrons. The number of furan rings is 1. The number of allylic oxidation sites excluding steroid dienone is 5. The fraction of sp³-hybridized carbons (Fsp3) is 0.154. The van der Waals surface area contributed by atoms with Crippen molar-refractivity contribution in [2.24, 2.45) is 5.73 Å². The molecular weight excluding hydrogens is 216 g/mol. The zero-order valence-corrected chi connectivity index (χ0v) is 9.94. The van der Waals surface area contributed by atoms with Crippen LogP contribution >= 0.6 is 0 Å². The highest BCUT2D eigenvalue weighted by molar-refractivity contribution is 5.92. The molecule has 1 heterocycles. The summed E-state index contributed by atoms with van der Waals surface area (Å²) in [6.07, 6.45) is 8.59. The average molecular weight is 232 g/mol. The fourth-order valence-corrected chi connectivity index (χ4v) is 1.19. The van der Waals surface area contributed by atoms with Crippen molar-refractivity contribution in [1.82, 2.24) is 5.32 Å². The fourth-order valence-electron chi connectivity index (χ4n) is 1.19. The number of carbonyl (C=O) groups is 1. The van der Waals surface area contributed by atoms with E-state index < -0.39 is 0 Å². The SMILES string of the molecule is C\C=C/C=C(N)\C=C(/C)NC(=O)c1ccco1. The van der Waals surface area contributed by atoms with Gasteiger partial charge in [-0.2, -0.15) is 0 Å². The first-order valence-electron chi connectivity index (χ1n) is 5.25. The Kier molecular flexibility index (Phi) is 4.81. The molecule has 0 atom stereocenters. The van der Waals surface area contributed by atoms with Crippen LogP contribution in [0.25, 0.3) is 0 Å². The zero-order valence-electron chi connectivity index (χ0n) is 9.94. The third-order valence-electron chi connectivity index (χ3n) is 1.92. The van der Waals surface area contributed by atoms with E-state index in [0.29, 0.717) is 11.4 Å². The van der Waals surface area contributed by atoms with Gasteiger partial charge in [-0.05, 0) is 38.1 Å². The predicted molar refractivity (Wildman–Crippen MR) is 67.0 cm³/mol.